The molecular formula is C17H16FN3. The fourth-order valence-electron chi connectivity index (χ4n) is 2.76. The average molecular weight is 281 g/mol. The van der Waals surface area contributed by atoms with Gasteiger partial charge >= 0.3 is 0 Å². The van der Waals surface area contributed by atoms with Gasteiger partial charge in [-0.05, 0) is 36.8 Å². The average Bonchev–Trinajstić information content (AvgIpc) is 3.06. The Morgan fingerprint density at radius 2 is 2.10 bits per heavy atom. The second-order valence-electron chi connectivity index (χ2n) is 4.98. The van der Waals surface area contributed by atoms with Crippen molar-refractivity contribution in [2.24, 2.45) is 0 Å². The molecule has 3 nitrogen and oxygen atoms in total. The van der Waals surface area contributed by atoms with Crippen LogP contribution >= 0.6 is 0 Å². The number of halogens is 1. The molecule has 0 bridgehead atoms. The molecule has 21 heavy (non-hydrogen) atoms. The van der Waals surface area contributed by atoms with Gasteiger partial charge in [0.05, 0.1) is 11.4 Å². The highest BCUT2D eigenvalue weighted by molar-refractivity contribution is 5.90. The first-order chi connectivity index (χ1) is 10.2. The van der Waals surface area contributed by atoms with Gasteiger partial charge in [0.25, 0.3) is 0 Å². The van der Waals surface area contributed by atoms with Gasteiger partial charge in [0, 0.05) is 30.3 Å². The van der Waals surface area contributed by atoms with Crippen molar-refractivity contribution < 1.29 is 4.39 Å². The zero-order chi connectivity index (χ0) is 14.8. The van der Waals surface area contributed by atoms with Gasteiger partial charge in [0.15, 0.2) is 0 Å². The van der Waals surface area contributed by atoms with Crippen LogP contribution in [0.15, 0.2) is 43.0 Å². The van der Waals surface area contributed by atoms with Crippen LogP contribution in [0.1, 0.15) is 17.9 Å². The first kappa shape index (κ1) is 13.5. The van der Waals surface area contributed by atoms with Crippen molar-refractivity contribution in [3.05, 3.63) is 60.3 Å². The molecule has 1 aromatic carbocycles. The lowest BCUT2D eigenvalue weighted by molar-refractivity contribution is 0.628. The SMILES string of the molecule is C=C/C(=C\C=N)c1c(-c2ccc(F)cc2)nc2n1CCC2. The molecule has 1 N–H and O–H groups in total. The topological polar surface area (TPSA) is 41.7 Å². The Labute approximate surface area is 123 Å². The van der Waals surface area contributed by atoms with Gasteiger partial charge in [-0.1, -0.05) is 12.7 Å². The molecule has 1 aliphatic heterocycles. The zero-order valence-electron chi connectivity index (χ0n) is 11.6. The number of rotatable bonds is 4. The van der Waals surface area contributed by atoms with E-state index < -0.39 is 0 Å². The molecule has 2 aromatic rings. The van der Waals surface area contributed by atoms with Crippen LogP contribution in [0.4, 0.5) is 4.39 Å². The quantitative estimate of drug-likeness (QED) is 0.671. The van der Waals surface area contributed by atoms with Gasteiger partial charge in [0.2, 0.25) is 0 Å². The van der Waals surface area contributed by atoms with Crippen molar-refractivity contribution >= 4 is 11.8 Å². The molecule has 1 aliphatic rings. The Bertz CT molecular complexity index is 723. The highest BCUT2D eigenvalue weighted by atomic mass is 19.1. The summed E-state index contributed by atoms with van der Waals surface area (Å²) in [4.78, 5) is 4.72. The number of hydrogen-bond donors (Lipinski definition) is 1. The lowest BCUT2D eigenvalue weighted by Crippen LogP contribution is -1.99. The molecule has 4 heteroatoms. The van der Waals surface area contributed by atoms with Crippen LogP contribution in [-0.4, -0.2) is 15.8 Å². The summed E-state index contributed by atoms with van der Waals surface area (Å²) >= 11 is 0. The fraction of sp³-hybridized carbons (Fsp3) is 0.176. The van der Waals surface area contributed by atoms with Crippen LogP contribution < -0.4 is 0 Å². The highest BCUT2D eigenvalue weighted by Gasteiger charge is 2.23. The summed E-state index contributed by atoms with van der Waals surface area (Å²) in [7, 11) is 0. The monoisotopic (exact) mass is 281 g/mol. The third-order valence-electron chi connectivity index (χ3n) is 3.70. The van der Waals surface area contributed by atoms with Crippen LogP contribution in [-0.2, 0) is 13.0 Å². The van der Waals surface area contributed by atoms with Gasteiger partial charge in [-0.15, -0.1) is 0 Å². The van der Waals surface area contributed by atoms with E-state index >= 15 is 0 Å². The normalized spacial score (nSPS) is 14.0. The van der Waals surface area contributed by atoms with Gasteiger partial charge < -0.3 is 9.98 Å². The molecule has 0 unspecified atom stereocenters. The number of aromatic nitrogens is 2. The number of allylic oxidation sites excluding steroid dienone is 3. The Kier molecular flexibility index (Phi) is 3.52. The highest BCUT2D eigenvalue weighted by Crippen LogP contribution is 2.33. The third-order valence-corrected chi connectivity index (χ3v) is 3.70. The maximum Gasteiger partial charge on any atom is 0.123 e. The van der Waals surface area contributed by atoms with E-state index in [0.717, 1.165) is 47.7 Å². The molecule has 0 amide bonds. The van der Waals surface area contributed by atoms with E-state index in [0.29, 0.717) is 0 Å². The van der Waals surface area contributed by atoms with Crippen LogP contribution in [0, 0.1) is 11.2 Å². The van der Waals surface area contributed by atoms with E-state index in [4.69, 9.17) is 10.4 Å². The molecule has 0 saturated heterocycles. The largest absolute Gasteiger partial charge is 0.327 e. The molecule has 0 fully saturated rings. The van der Waals surface area contributed by atoms with Gasteiger partial charge in [-0.2, -0.15) is 0 Å². The van der Waals surface area contributed by atoms with Gasteiger partial charge in [-0.3, -0.25) is 0 Å². The molecule has 0 saturated carbocycles. The Balaban J connectivity index is 2.21. The minimum absolute atomic E-state index is 0.258. The zero-order valence-corrected chi connectivity index (χ0v) is 11.6. The Hall–Kier alpha value is -2.49. The first-order valence-corrected chi connectivity index (χ1v) is 6.93. The minimum Gasteiger partial charge on any atom is -0.327 e. The summed E-state index contributed by atoms with van der Waals surface area (Å²) in [6, 6.07) is 6.36. The molecular weight excluding hydrogens is 265 g/mol. The number of aryl methyl sites for hydroxylation is 1. The van der Waals surface area contributed by atoms with E-state index in [1.54, 1.807) is 24.3 Å². The number of benzene rings is 1. The molecule has 0 atom stereocenters. The van der Waals surface area contributed by atoms with Crippen molar-refractivity contribution in [3.8, 4) is 11.3 Å². The number of fused-ring (bicyclic) bond motifs is 1. The summed E-state index contributed by atoms with van der Waals surface area (Å²) in [5, 5.41) is 7.31. The van der Waals surface area contributed by atoms with Crippen molar-refractivity contribution in [2.75, 3.05) is 0 Å². The van der Waals surface area contributed by atoms with E-state index in [2.05, 4.69) is 11.1 Å². The number of imidazole rings is 1. The minimum atomic E-state index is -0.258. The van der Waals surface area contributed by atoms with Crippen molar-refractivity contribution in [3.63, 3.8) is 0 Å². The molecule has 106 valence electrons. The van der Waals surface area contributed by atoms with Crippen molar-refractivity contribution in [2.45, 2.75) is 19.4 Å². The lowest BCUT2D eigenvalue weighted by atomic mass is 10.0. The fourth-order valence-corrected chi connectivity index (χ4v) is 2.76. The second kappa shape index (κ2) is 5.48. The van der Waals surface area contributed by atoms with Crippen molar-refractivity contribution in [1.82, 2.24) is 9.55 Å². The number of hydrogen-bond acceptors (Lipinski definition) is 2. The second-order valence-corrected chi connectivity index (χ2v) is 4.98. The molecule has 0 aliphatic carbocycles. The predicted octanol–water partition coefficient (Wildman–Crippen LogP) is 3.85. The van der Waals surface area contributed by atoms with E-state index in [1.165, 1.54) is 18.3 Å². The summed E-state index contributed by atoms with van der Waals surface area (Å²) < 4.78 is 15.3. The first-order valence-electron chi connectivity index (χ1n) is 6.93. The van der Waals surface area contributed by atoms with Crippen LogP contribution in [0.5, 0.6) is 0 Å². The summed E-state index contributed by atoms with van der Waals surface area (Å²) in [5.41, 5.74) is 3.54. The summed E-state index contributed by atoms with van der Waals surface area (Å²) in [6.45, 7) is 4.76. The van der Waals surface area contributed by atoms with Gasteiger partial charge in [-0.25, -0.2) is 9.37 Å². The maximum absolute atomic E-state index is 13.1. The summed E-state index contributed by atoms with van der Waals surface area (Å²) in [6.07, 6.45) is 6.72. The van der Waals surface area contributed by atoms with Crippen LogP contribution in [0.25, 0.3) is 16.8 Å². The molecule has 1 aromatic heterocycles. The van der Waals surface area contributed by atoms with E-state index in [9.17, 15) is 4.39 Å². The maximum atomic E-state index is 13.1. The van der Waals surface area contributed by atoms with Crippen LogP contribution in [0.3, 0.4) is 0 Å². The summed E-state index contributed by atoms with van der Waals surface area (Å²) in [5.74, 6) is 0.785. The molecule has 0 spiro atoms. The smallest absolute Gasteiger partial charge is 0.123 e. The number of nitrogens with zero attached hydrogens (tertiary/aromatic N) is 2. The Morgan fingerprint density at radius 1 is 1.33 bits per heavy atom. The lowest BCUT2D eigenvalue weighted by Gasteiger charge is -2.09. The standard InChI is InChI=1S/C17H16FN3/c1-2-12(9-10-19)17-16(13-5-7-14(18)8-6-13)20-15-4-3-11-21(15)17/h2,5-10,19H,1,3-4,11H2/b12-9+,19-10?. The molecule has 3 rings (SSSR count). The van der Waals surface area contributed by atoms with Crippen LogP contribution in [0.2, 0.25) is 0 Å². The molecule has 0 radical (unpaired) electrons. The van der Waals surface area contributed by atoms with Gasteiger partial charge in [0.1, 0.15) is 11.6 Å². The molecule has 2 heterocycles. The third kappa shape index (κ3) is 2.33. The van der Waals surface area contributed by atoms with E-state index in [-0.39, 0.29) is 5.82 Å². The predicted molar refractivity (Wildman–Crippen MR) is 82.9 cm³/mol. The number of nitrogens with one attached hydrogen (secondary N) is 1. The Morgan fingerprint density at radius 3 is 2.76 bits per heavy atom. The van der Waals surface area contributed by atoms with E-state index in [1.807, 2.05) is 0 Å². The van der Waals surface area contributed by atoms with Crippen molar-refractivity contribution in [1.29, 1.82) is 5.41 Å².